The summed E-state index contributed by atoms with van der Waals surface area (Å²) in [7, 11) is 0. The van der Waals surface area contributed by atoms with Gasteiger partial charge in [-0.05, 0) is 42.7 Å². The fraction of sp³-hybridized carbons (Fsp3) is 0.647. The van der Waals surface area contributed by atoms with Crippen molar-refractivity contribution in [3.8, 4) is 0 Å². The molecule has 100 valence electrons. The van der Waals surface area contributed by atoms with E-state index in [-0.39, 0.29) is 0 Å². The van der Waals surface area contributed by atoms with Crippen molar-refractivity contribution in [2.24, 2.45) is 5.41 Å². The second-order valence-electron chi connectivity index (χ2n) is 6.49. The molecule has 18 heavy (non-hydrogen) atoms. The van der Waals surface area contributed by atoms with Gasteiger partial charge in [0.1, 0.15) is 0 Å². The van der Waals surface area contributed by atoms with E-state index in [1.807, 2.05) is 0 Å². The van der Waals surface area contributed by atoms with Crippen LogP contribution >= 0.6 is 0 Å². The number of hydrogen-bond acceptors (Lipinski definition) is 1. The van der Waals surface area contributed by atoms with Gasteiger partial charge >= 0.3 is 0 Å². The third-order valence-corrected chi connectivity index (χ3v) is 4.59. The Labute approximate surface area is 112 Å². The van der Waals surface area contributed by atoms with Gasteiger partial charge in [-0.15, -0.1) is 0 Å². The monoisotopic (exact) mass is 245 g/mol. The van der Waals surface area contributed by atoms with E-state index in [1.54, 1.807) is 0 Å². The Balaban J connectivity index is 1.76. The fourth-order valence-electron chi connectivity index (χ4n) is 3.13. The van der Waals surface area contributed by atoms with Gasteiger partial charge in [-0.3, -0.25) is 0 Å². The van der Waals surface area contributed by atoms with Crippen LogP contribution in [0.1, 0.15) is 57.9 Å². The van der Waals surface area contributed by atoms with Gasteiger partial charge < -0.3 is 5.32 Å². The maximum absolute atomic E-state index is 3.77. The van der Waals surface area contributed by atoms with Crippen LogP contribution in [0.25, 0.3) is 0 Å². The van der Waals surface area contributed by atoms with Crippen LogP contribution in [0, 0.1) is 5.41 Å². The second kappa shape index (κ2) is 5.88. The van der Waals surface area contributed by atoms with Gasteiger partial charge in [0.25, 0.3) is 0 Å². The van der Waals surface area contributed by atoms with Crippen LogP contribution in [-0.2, 0) is 0 Å². The van der Waals surface area contributed by atoms with Crippen molar-refractivity contribution in [2.75, 3.05) is 6.54 Å². The van der Waals surface area contributed by atoms with Gasteiger partial charge in [0.05, 0.1) is 0 Å². The van der Waals surface area contributed by atoms with Crippen molar-refractivity contribution in [1.82, 2.24) is 5.32 Å². The van der Waals surface area contributed by atoms with Crippen LogP contribution in [0.4, 0.5) is 0 Å². The molecule has 0 spiro atoms. The van der Waals surface area contributed by atoms with Crippen LogP contribution in [0.3, 0.4) is 0 Å². The topological polar surface area (TPSA) is 12.0 Å². The van der Waals surface area contributed by atoms with Gasteiger partial charge in [-0.1, -0.05) is 57.5 Å². The number of nitrogens with one attached hydrogen (secondary N) is 1. The third kappa shape index (κ3) is 3.35. The lowest BCUT2D eigenvalue weighted by molar-refractivity contribution is 0.282. The summed E-state index contributed by atoms with van der Waals surface area (Å²) < 4.78 is 0. The third-order valence-electron chi connectivity index (χ3n) is 4.59. The molecule has 0 radical (unpaired) electrons. The van der Waals surface area contributed by atoms with Crippen molar-refractivity contribution in [1.29, 1.82) is 0 Å². The Kier molecular flexibility index (Phi) is 4.45. The second-order valence-corrected chi connectivity index (χ2v) is 6.49. The molecule has 1 nitrogen and oxygen atoms in total. The molecular formula is C17H27N. The molecule has 1 saturated carbocycles. The summed E-state index contributed by atoms with van der Waals surface area (Å²) in [5.41, 5.74) is 1.96. The van der Waals surface area contributed by atoms with E-state index < -0.39 is 0 Å². The smallest absolute Gasteiger partial charge is 0.0118 e. The Morgan fingerprint density at radius 1 is 1.28 bits per heavy atom. The summed E-state index contributed by atoms with van der Waals surface area (Å²) in [6.07, 6.45) is 5.35. The first-order valence-electron chi connectivity index (χ1n) is 7.38. The van der Waals surface area contributed by atoms with Gasteiger partial charge in [0.2, 0.25) is 0 Å². The molecule has 2 rings (SSSR count). The molecule has 1 aromatic carbocycles. The zero-order valence-corrected chi connectivity index (χ0v) is 12.1. The summed E-state index contributed by atoms with van der Waals surface area (Å²) in [6, 6.07) is 11.6. The highest BCUT2D eigenvalue weighted by Crippen LogP contribution is 2.37. The Morgan fingerprint density at radius 3 is 2.61 bits per heavy atom. The normalized spacial score (nSPS) is 24.1. The van der Waals surface area contributed by atoms with Crippen LogP contribution in [0.15, 0.2) is 30.3 Å². The summed E-state index contributed by atoms with van der Waals surface area (Å²) in [5.74, 6) is 0.656. The van der Waals surface area contributed by atoms with Crippen molar-refractivity contribution in [2.45, 2.75) is 58.4 Å². The SMILES string of the molecule is CC(CCNC1CCCC1(C)C)c1ccccc1. The number of benzene rings is 1. The zero-order valence-electron chi connectivity index (χ0n) is 12.1. The van der Waals surface area contributed by atoms with E-state index in [0.29, 0.717) is 11.3 Å². The predicted molar refractivity (Wildman–Crippen MR) is 78.9 cm³/mol. The molecule has 1 fully saturated rings. The van der Waals surface area contributed by atoms with E-state index >= 15 is 0 Å². The molecule has 0 aliphatic heterocycles. The van der Waals surface area contributed by atoms with Gasteiger partial charge in [0.15, 0.2) is 0 Å². The van der Waals surface area contributed by atoms with E-state index in [1.165, 1.54) is 31.2 Å². The molecule has 2 atom stereocenters. The molecule has 0 heterocycles. The first kappa shape index (κ1) is 13.6. The highest BCUT2D eigenvalue weighted by Gasteiger charge is 2.33. The molecule has 1 heteroatoms. The highest BCUT2D eigenvalue weighted by molar-refractivity contribution is 5.18. The van der Waals surface area contributed by atoms with E-state index in [0.717, 1.165) is 12.6 Å². The average Bonchev–Trinajstić information content (AvgIpc) is 2.70. The molecule has 0 saturated heterocycles. The van der Waals surface area contributed by atoms with Crippen LogP contribution in [0.5, 0.6) is 0 Å². The Bertz CT molecular complexity index is 355. The summed E-state index contributed by atoms with van der Waals surface area (Å²) in [4.78, 5) is 0. The molecule has 1 N–H and O–H groups in total. The first-order chi connectivity index (χ1) is 8.59. The van der Waals surface area contributed by atoms with Crippen molar-refractivity contribution < 1.29 is 0 Å². The minimum atomic E-state index is 0.496. The van der Waals surface area contributed by atoms with Crippen LogP contribution in [0.2, 0.25) is 0 Å². The quantitative estimate of drug-likeness (QED) is 0.813. The Hall–Kier alpha value is -0.820. The van der Waals surface area contributed by atoms with Crippen molar-refractivity contribution >= 4 is 0 Å². The summed E-state index contributed by atoms with van der Waals surface area (Å²) in [6.45, 7) is 8.28. The Morgan fingerprint density at radius 2 is 2.00 bits per heavy atom. The minimum absolute atomic E-state index is 0.496. The van der Waals surface area contributed by atoms with Gasteiger partial charge in [-0.2, -0.15) is 0 Å². The van der Waals surface area contributed by atoms with E-state index in [9.17, 15) is 0 Å². The maximum atomic E-state index is 3.77. The molecule has 0 bridgehead atoms. The van der Waals surface area contributed by atoms with Gasteiger partial charge in [0, 0.05) is 6.04 Å². The predicted octanol–water partition coefficient (Wildman–Crippen LogP) is 4.35. The summed E-state index contributed by atoms with van der Waals surface area (Å²) >= 11 is 0. The maximum Gasteiger partial charge on any atom is 0.0118 e. The molecule has 2 unspecified atom stereocenters. The molecule has 0 aromatic heterocycles. The van der Waals surface area contributed by atoms with Gasteiger partial charge in [-0.25, -0.2) is 0 Å². The lowest BCUT2D eigenvalue weighted by Crippen LogP contribution is -2.38. The van der Waals surface area contributed by atoms with E-state index in [2.05, 4.69) is 56.4 Å². The summed E-state index contributed by atoms with van der Waals surface area (Å²) in [5, 5.41) is 3.77. The minimum Gasteiger partial charge on any atom is -0.313 e. The zero-order chi connectivity index (χ0) is 13.0. The average molecular weight is 245 g/mol. The highest BCUT2D eigenvalue weighted by atomic mass is 14.9. The van der Waals surface area contributed by atoms with Crippen molar-refractivity contribution in [3.05, 3.63) is 35.9 Å². The molecule has 1 aliphatic rings. The lowest BCUT2D eigenvalue weighted by atomic mass is 9.87. The largest absolute Gasteiger partial charge is 0.313 e. The first-order valence-corrected chi connectivity index (χ1v) is 7.38. The lowest BCUT2D eigenvalue weighted by Gasteiger charge is -2.28. The number of rotatable bonds is 5. The number of hydrogen-bond donors (Lipinski definition) is 1. The van der Waals surface area contributed by atoms with Crippen LogP contribution < -0.4 is 5.32 Å². The van der Waals surface area contributed by atoms with Crippen LogP contribution in [-0.4, -0.2) is 12.6 Å². The van der Waals surface area contributed by atoms with E-state index in [4.69, 9.17) is 0 Å². The molecule has 0 amide bonds. The van der Waals surface area contributed by atoms with Crippen molar-refractivity contribution in [3.63, 3.8) is 0 Å². The fourth-order valence-corrected chi connectivity index (χ4v) is 3.13. The molecule has 1 aromatic rings. The molecular weight excluding hydrogens is 218 g/mol. The standard InChI is InChI=1S/C17H27N/c1-14(15-8-5-4-6-9-15)11-13-18-16-10-7-12-17(16,2)3/h4-6,8-9,14,16,18H,7,10-13H2,1-3H3. The molecule has 1 aliphatic carbocycles.